The van der Waals surface area contributed by atoms with Crippen molar-refractivity contribution in [1.29, 1.82) is 0 Å². The zero-order chi connectivity index (χ0) is 20.6. The van der Waals surface area contributed by atoms with Crippen molar-refractivity contribution in [1.82, 2.24) is 15.2 Å². The van der Waals surface area contributed by atoms with Crippen molar-refractivity contribution in [2.45, 2.75) is 36.6 Å². The summed E-state index contributed by atoms with van der Waals surface area (Å²) < 4.78 is 27.8. The Kier molecular flexibility index (Phi) is 5.46. The summed E-state index contributed by atoms with van der Waals surface area (Å²) in [4.78, 5) is 12.7. The number of hydrogen-bond acceptors (Lipinski definition) is 4. The fraction of sp³-hybridized carbons (Fsp3) is 0.250. The highest BCUT2D eigenvalue weighted by atomic mass is 35.5. The quantitative estimate of drug-likeness (QED) is 0.703. The molecule has 1 atom stereocenters. The van der Waals surface area contributed by atoms with Crippen molar-refractivity contribution in [3.8, 4) is 0 Å². The Bertz CT molecular complexity index is 1070. The van der Waals surface area contributed by atoms with Crippen LogP contribution in [-0.4, -0.2) is 19.5 Å². The van der Waals surface area contributed by atoms with E-state index < -0.39 is 16.1 Å². The van der Waals surface area contributed by atoms with E-state index in [1.165, 1.54) is 23.2 Å². The van der Waals surface area contributed by atoms with Crippen LogP contribution in [0.1, 0.15) is 37.3 Å². The van der Waals surface area contributed by atoms with E-state index in [-0.39, 0.29) is 21.0 Å². The lowest BCUT2D eigenvalue weighted by Crippen LogP contribution is -2.48. The van der Waals surface area contributed by atoms with Gasteiger partial charge >= 0.3 is 6.03 Å². The predicted molar refractivity (Wildman–Crippen MR) is 112 cm³/mol. The van der Waals surface area contributed by atoms with Crippen LogP contribution in [0.15, 0.2) is 64.7 Å². The van der Waals surface area contributed by atoms with Crippen LogP contribution in [0.2, 0.25) is 10.0 Å². The Hall–Kier alpha value is -2.22. The molecule has 6 nitrogen and oxygen atoms in total. The van der Waals surface area contributed by atoms with E-state index >= 15 is 0 Å². The van der Waals surface area contributed by atoms with Crippen LogP contribution in [0.3, 0.4) is 0 Å². The van der Waals surface area contributed by atoms with E-state index in [1.54, 1.807) is 0 Å². The maximum absolute atomic E-state index is 13.0. The summed E-state index contributed by atoms with van der Waals surface area (Å²) in [7, 11) is -4.26. The zero-order valence-electron chi connectivity index (χ0n) is 15.4. The van der Waals surface area contributed by atoms with E-state index in [0.29, 0.717) is 0 Å². The lowest BCUT2D eigenvalue weighted by Gasteiger charge is -2.27. The van der Waals surface area contributed by atoms with E-state index in [9.17, 15) is 13.2 Å². The number of urea groups is 1. The van der Waals surface area contributed by atoms with Gasteiger partial charge in [-0.05, 0) is 49.0 Å². The molecular formula is C20H19Cl2N3O3S. The fourth-order valence-corrected chi connectivity index (χ4v) is 5.92. The summed E-state index contributed by atoms with van der Waals surface area (Å²) >= 11 is 12.1. The number of hydrogen-bond donors (Lipinski definition) is 2. The fourth-order valence-electron chi connectivity index (χ4n) is 3.83. The van der Waals surface area contributed by atoms with Gasteiger partial charge in [0.2, 0.25) is 0 Å². The standard InChI is InChI=1S/C20H19Cl2N3O3S/c21-15-10-6-11-16(22)19(15)29(27,28)24-20(26)25-18(13-7-2-1-3-8-13)14-9-4-5-12-17(14)23-25/h1-3,6-8,10-11,18,23H,4-5,9,12H2,(H,24,26). The second kappa shape index (κ2) is 7.89. The second-order valence-corrected chi connectivity index (χ2v) is 9.40. The van der Waals surface area contributed by atoms with Crippen LogP contribution in [0.5, 0.6) is 0 Å². The Balaban J connectivity index is 1.66. The maximum Gasteiger partial charge on any atom is 0.350 e. The number of nitrogens with zero attached hydrogens (tertiary/aromatic N) is 1. The smallest absolute Gasteiger partial charge is 0.298 e. The molecule has 0 aromatic heterocycles. The van der Waals surface area contributed by atoms with Crippen molar-refractivity contribution in [3.63, 3.8) is 0 Å². The molecule has 1 heterocycles. The monoisotopic (exact) mass is 451 g/mol. The number of carbonyl (C=O) groups is 1. The van der Waals surface area contributed by atoms with Gasteiger partial charge in [-0.25, -0.2) is 22.9 Å². The number of carbonyl (C=O) groups excluding carboxylic acids is 1. The molecule has 2 aromatic rings. The van der Waals surface area contributed by atoms with Crippen molar-refractivity contribution in [2.75, 3.05) is 0 Å². The number of nitrogens with one attached hydrogen (secondary N) is 2. The van der Waals surface area contributed by atoms with E-state index in [4.69, 9.17) is 23.2 Å². The molecule has 1 unspecified atom stereocenters. The third-order valence-corrected chi connectivity index (χ3v) is 7.37. The Labute approximate surface area is 179 Å². The van der Waals surface area contributed by atoms with Crippen molar-refractivity contribution >= 4 is 39.3 Å². The molecule has 0 saturated heterocycles. The molecule has 0 saturated carbocycles. The minimum atomic E-state index is -4.26. The van der Waals surface area contributed by atoms with Gasteiger partial charge in [0.15, 0.2) is 0 Å². The Morgan fingerprint density at radius 2 is 1.66 bits per heavy atom. The largest absolute Gasteiger partial charge is 0.350 e. The van der Waals surface area contributed by atoms with Crippen molar-refractivity contribution in [2.24, 2.45) is 0 Å². The first-order valence-electron chi connectivity index (χ1n) is 9.22. The van der Waals surface area contributed by atoms with Gasteiger partial charge < -0.3 is 0 Å². The molecule has 1 aliphatic carbocycles. The highest BCUT2D eigenvalue weighted by Crippen LogP contribution is 2.41. The SMILES string of the molecule is O=C(NS(=O)(=O)c1c(Cl)cccc1Cl)N1NC2=C(CCCC2)C1c1ccccc1. The van der Waals surface area contributed by atoms with Gasteiger partial charge in [0.25, 0.3) is 10.0 Å². The molecule has 0 bridgehead atoms. The first-order chi connectivity index (χ1) is 13.9. The molecule has 152 valence electrons. The number of rotatable bonds is 3. The average Bonchev–Trinajstić information content (AvgIpc) is 3.08. The molecule has 0 fully saturated rings. The normalized spacial score (nSPS) is 19.0. The van der Waals surface area contributed by atoms with E-state index in [0.717, 1.165) is 42.5 Å². The minimum Gasteiger partial charge on any atom is -0.298 e. The average molecular weight is 452 g/mol. The van der Waals surface area contributed by atoms with Gasteiger partial charge in [-0.3, -0.25) is 5.43 Å². The highest BCUT2D eigenvalue weighted by Gasteiger charge is 2.39. The number of amides is 2. The minimum absolute atomic E-state index is 0.0517. The first-order valence-corrected chi connectivity index (χ1v) is 11.5. The second-order valence-electron chi connectivity index (χ2n) is 6.97. The lowest BCUT2D eigenvalue weighted by atomic mass is 9.89. The third-order valence-electron chi connectivity index (χ3n) is 5.10. The van der Waals surface area contributed by atoms with Crippen LogP contribution >= 0.6 is 23.2 Å². The molecule has 9 heteroatoms. The van der Waals surface area contributed by atoms with Gasteiger partial charge in [0.05, 0.1) is 10.0 Å². The van der Waals surface area contributed by atoms with Crippen LogP contribution in [0.4, 0.5) is 4.79 Å². The highest BCUT2D eigenvalue weighted by molar-refractivity contribution is 7.90. The third kappa shape index (κ3) is 3.82. The van der Waals surface area contributed by atoms with Crippen LogP contribution in [0.25, 0.3) is 0 Å². The molecule has 2 N–H and O–H groups in total. The van der Waals surface area contributed by atoms with Crippen molar-refractivity contribution in [3.05, 3.63) is 75.4 Å². The van der Waals surface area contributed by atoms with Crippen LogP contribution in [-0.2, 0) is 10.0 Å². The maximum atomic E-state index is 13.0. The van der Waals surface area contributed by atoms with Crippen LogP contribution < -0.4 is 10.1 Å². The Morgan fingerprint density at radius 3 is 2.34 bits per heavy atom. The lowest BCUT2D eigenvalue weighted by molar-refractivity contribution is 0.176. The summed E-state index contributed by atoms with van der Waals surface area (Å²) in [6, 6.07) is 12.7. The van der Waals surface area contributed by atoms with Gasteiger partial charge in [0, 0.05) is 5.70 Å². The van der Waals surface area contributed by atoms with Gasteiger partial charge in [-0.15, -0.1) is 0 Å². The molecule has 2 aliphatic rings. The molecular weight excluding hydrogens is 433 g/mol. The number of allylic oxidation sites excluding steroid dienone is 1. The van der Waals surface area contributed by atoms with Gasteiger partial charge in [-0.1, -0.05) is 59.6 Å². The number of hydrazine groups is 1. The van der Waals surface area contributed by atoms with E-state index in [2.05, 4.69) is 10.1 Å². The summed E-state index contributed by atoms with van der Waals surface area (Å²) in [5.74, 6) is 0. The molecule has 0 spiro atoms. The topological polar surface area (TPSA) is 78.5 Å². The van der Waals surface area contributed by atoms with Crippen LogP contribution in [0, 0.1) is 0 Å². The number of benzene rings is 2. The van der Waals surface area contributed by atoms with Crippen molar-refractivity contribution < 1.29 is 13.2 Å². The number of sulfonamides is 1. The van der Waals surface area contributed by atoms with E-state index in [1.807, 2.05) is 30.3 Å². The molecule has 0 radical (unpaired) electrons. The molecule has 2 aromatic carbocycles. The molecule has 1 aliphatic heterocycles. The summed E-state index contributed by atoms with van der Waals surface area (Å²) in [6.45, 7) is 0. The predicted octanol–water partition coefficient (Wildman–Crippen LogP) is 4.78. The summed E-state index contributed by atoms with van der Waals surface area (Å²) in [5.41, 5.74) is 6.12. The number of halogens is 2. The Morgan fingerprint density at radius 1 is 1.00 bits per heavy atom. The summed E-state index contributed by atoms with van der Waals surface area (Å²) in [6.07, 6.45) is 3.74. The molecule has 4 rings (SSSR count). The van der Waals surface area contributed by atoms with Gasteiger partial charge in [-0.2, -0.15) is 0 Å². The molecule has 29 heavy (non-hydrogen) atoms. The zero-order valence-corrected chi connectivity index (χ0v) is 17.7. The summed E-state index contributed by atoms with van der Waals surface area (Å²) in [5, 5.41) is 1.24. The first kappa shape index (κ1) is 20.1. The molecule has 2 amide bonds. The van der Waals surface area contributed by atoms with Gasteiger partial charge in [0.1, 0.15) is 10.9 Å².